The number of halogens is 2. The third-order valence-corrected chi connectivity index (χ3v) is 20.8. The Labute approximate surface area is 271 Å². The number of rotatable bonds is 7. The van der Waals surface area contributed by atoms with Crippen molar-refractivity contribution in [1.29, 1.82) is 0 Å². The van der Waals surface area contributed by atoms with Crippen LogP contribution in [-0.2, 0) is 17.9 Å². The first-order valence-electron chi connectivity index (χ1n) is 17.5. The first-order chi connectivity index (χ1) is 19.5. The van der Waals surface area contributed by atoms with E-state index in [1.807, 2.05) is 13.8 Å². The second kappa shape index (κ2) is 18.6. The summed E-state index contributed by atoms with van der Waals surface area (Å²) in [6, 6.07) is 0. The molecule has 0 radical (unpaired) electrons. The molecule has 5 heteroatoms. The van der Waals surface area contributed by atoms with Crippen molar-refractivity contribution < 1.29 is 17.9 Å². The van der Waals surface area contributed by atoms with Gasteiger partial charge in [-0.15, -0.1) is 0 Å². The summed E-state index contributed by atoms with van der Waals surface area (Å²) in [7, 11) is 0.872. The van der Waals surface area contributed by atoms with Crippen LogP contribution in [-0.4, -0.2) is 37.5 Å². The summed E-state index contributed by atoms with van der Waals surface area (Å²) in [6.45, 7) is 3.83. The second-order valence-corrected chi connectivity index (χ2v) is 22.4. The van der Waals surface area contributed by atoms with Crippen LogP contribution >= 0.6 is 39.0 Å². The number of hydrogen-bond donors (Lipinski definition) is 0. The predicted molar refractivity (Wildman–Crippen MR) is 182 cm³/mol. The van der Waals surface area contributed by atoms with Crippen molar-refractivity contribution in [2.75, 3.05) is 0 Å². The Morgan fingerprint density at radius 2 is 0.600 bits per heavy atom. The predicted octanol–water partition coefficient (Wildman–Crippen LogP) is 13.0. The van der Waals surface area contributed by atoms with Crippen LogP contribution in [0.2, 0.25) is 0 Å². The van der Waals surface area contributed by atoms with Gasteiger partial charge in [0.1, 0.15) is 0 Å². The van der Waals surface area contributed by atoms with Crippen molar-refractivity contribution in [1.82, 2.24) is 0 Å². The van der Waals surface area contributed by atoms with Gasteiger partial charge in [-0.25, -0.2) is 0 Å². The van der Waals surface area contributed by atoms with E-state index in [1.54, 1.807) is 154 Å². The molecule has 0 nitrogen and oxygen atoms in total. The Bertz CT molecular complexity index is 636. The molecule has 6 fully saturated rings. The summed E-state index contributed by atoms with van der Waals surface area (Å²) in [4.78, 5) is 0. The van der Waals surface area contributed by atoms with Crippen molar-refractivity contribution in [3.8, 4) is 0 Å². The van der Waals surface area contributed by atoms with Crippen LogP contribution in [0, 0.1) is 0 Å². The molecule has 0 amide bonds. The number of hydrogen-bond acceptors (Lipinski definition) is 0. The molecule has 40 heavy (non-hydrogen) atoms. The molecule has 6 aliphatic rings. The molecule has 0 saturated heterocycles. The van der Waals surface area contributed by atoms with Gasteiger partial charge in [0, 0.05) is 0 Å². The Balaban J connectivity index is 0.000000148. The number of allylic oxidation sites excluding steroid dienone is 2. The molecule has 6 aliphatic carbocycles. The topological polar surface area (TPSA) is 0 Å². The first kappa shape index (κ1) is 34.5. The average molecular weight is 715 g/mol. The molecule has 0 spiro atoms. The fourth-order valence-electron chi connectivity index (χ4n) is 9.19. The van der Waals surface area contributed by atoms with Gasteiger partial charge in [-0.1, -0.05) is 92.9 Å². The van der Waals surface area contributed by atoms with Gasteiger partial charge in [0.2, 0.25) is 0 Å². The maximum absolute atomic E-state index is 5.64. The standard InChI is InChI=1S/2C15H27P.C5H6Cl2.Ru/c2*1-2-8-13(7-1)16(14-9-3-4-10-14)15-11-5-6-12-15;1-4(2)5(7)3-6;/h2*13-15H,1-12H2;1-2H3;. The van der Waals surface area contributed by atoms with Crippen LogP contribution in [0.5, 0.6) is 0 Å². The molecule has 0 N–H and O–H groups in total. The maximum atomic E-state index is 5.64. The van der Waals surface area contributed by atoms with Crippen LogP contribution in [0.15, 0.2) is 10.6 Å². The van der Waals surface area contributed by atoms with Gasteiger partial charge in [-0.05, 0) is 111 Å². The zero-order chi connectivity index (χ0) is 28.3. The molecule has 0 aromatic carbocycles. The molecule has 0 bridgehead atoms. The van der Waals surface area contributed by atoms with Crippen LogP contribution in [0.3, 0.4) is 0 Å². The van der Waals surface area contributed by atoms with E-state index < -0.39 is 0 Å². The fraction of sp³-hybridized carbons (Fsp3) is 0.914. The van der Waals surface area contributed by atoms with Crippen molar-refractivity contribution in [2.24, 2.45) is 0 Å². The molecule has 0 aliphatic heterocycles. The molecular weight excluding hydrogens is 654 g/mol. The summed E-state index contributed by atoms with van der Waals surface area (Å²) >= 11 is 13.4. The van der Waals surface area contributed by atoms with E-state index in [2.05, 4.69) is 17.9 Å². The minimum atomic E-state index is 0.436. The minimum absolute atomic E-state index is 0.436. The first-order valence-corrected chi connectivity index (χ1v) is 22.2. The molecule has 6 saturated carbocycles. The van der Waals surface area contributed by atoms with Gasteiger partial charge in [0.05, 0.1) is 0 Å². The normalized spacial score (nSPS) is 25.6. The van der Waals surface area contributed by atoms with Crippen LogP contribution in [0.1, 0.15) is 168 Å². The van der Waals surface area contributed by atoms with Gasteiger partial charge in [-0.3, -0.25) is 0 Å². The Kier molecular flexibility index (Phi) is 16.1. The SMILES string of the molecule is C1CCC(P(C2CCCC2)C2CCCC2)C1.C1CCC(P(C2CCCC2)C2CCCC2)C1.CC(C)=C(Cl)[C](Cl)=[Ru]. The van der Waals surface area contributed by atoms with E-state index in [1.165, 1.54) is 34.0 Å². The Morgan fingerprint density at radius 1 is 0.425 bits per heavy atom. The molecule has 0 heterocycles. The van der Waals surface area contributed by atoms with E-state index in [0.717, 1.165) is 5.57 Å². The van der Waals surface area contributed by atoms with Crippen molar-refractivity contribution >= 4 is 42.6 Å². The molecule has 0 aromatic rings. The molecular formula is C35H60Cl2P2Ru. The molecule has 0 aromatic heterocycles. The third-order valence-electron chi connectivity index (χ3n) is 11.1. The van der Waals surface area contributed by atoms with E-state index in [9.17, 15) is 0 Å². The summed E-state index contributed by atoms with van der Waals surface area (Å²) in [6.07, 6.45) is 38.0. The van der Waals surface area contributed by atoms with Crippen LogP contribution < -0.4 is 0 Å². The van der Waals surface area contributed by atoms with E-state index >= 15 is 0 Å². The molecule has 6 rings (SSSR count). The monoisotopic (exact) mass is 714 g/mol. The Morgan fingerprint density at radius 3 is 0.700 bits per heavy atom. The summed E-state index contributed by atoms with van der Waals surface area (Å²) < 4.78 is 0.589. The van der Waals surface area contributed by atoms with Crippen molar-refractivity contribution in [3.05, 3.63) is 10.6 Å². The quantitative estimate of drug-likeness (QED) is 0.182. The molecule has 232 valence electrons. The van der Waals surface area contributed by atoms with Crippen LogP contribution in [0.4, 0.5) is 0 Å². The van der Waals surface area contributed by atoms with Crippen molar-refractivity contribution in [2.45, 2.75) is 202 Å². The van der Waals surface area contributed by atoms with E-state index in [4.69, 9.17) is 23.2 Å². The second-order valence-electron chi connectivity index (χ2n) is 14.1. The zero-order valence-electron chi connectivity index (χ0n) is 25.9. The van der Waals surface area contributed by atoms with Gasteiger partial charge in [0.15, 0.2) is 0 Å². The van der Waals surface area contributed by atoms with Crippen LogP contribution in [0.25, 0.3) is 0 Å². The average Bonchev–Trinajstić information content (AvgIpc) is 3.81. The van der Waals surface area contributed by atoms with Gasteiger partial charge < -0.3 is 0 Å². The zero-order valence-corrected chi connectivity index (χ0v) is 31.0. The summed E-state index contributed by atoms with van der Waals surface area (Å²) in [5, 5.41) is 0.642. The van der Waals surface area contributed by atoms with Crippen molar-refractivity contribution in [3.63, 3.8) is 0 Å². The van der Waals surface area contributed by atoms with Gasteiger partial charge in [-0.2, -0.15) is 0 Å². The third kappa shape index (κ3) is 10.4. The van der Waals surface area contributed by atoms with Gasteiger partial charge >= 0.3 is 69.1 Å². The van der Waals surface area contributed by atoms with Gasteiger partial charge in [0.25, 0.3) is 0 Å². The van der Waals surface area contributed by atoms with E-state index in [0.29, 0.717) is 24.4 Å². The fourth-order valence-corrected chi connectivity index (χ4v) is 19.2. The van der Waals surface area contributed by atoms with E-state index in [-0.39, 0.29) is 0 Å². The Hall–Kier alpha value is 1.67. The molecule has 0 atom stereocenters. The summed E-state index contributed by atoms with van der Waals surface area (Å²) in [5.74, 6) is 0. The summed E-state index contributed by atoms with van der Waals surface area (Å²) in [5.41, 5.74) is 8.29. The molecule has 0 unspecified atom stereocenters.